The van der Waals surface area contributed by atoms with E-state index in [1.165, 1.54) is 0 Å². The van der Waals surface area contributed by atoms with Crippen molar-refractivity contribution in [3.8, 4) is 0 Å². The molecule has 0 aliphatic heterocycles. The van der Waals surface area contributed by atoms with Crippen LogP contribution in [0.4, 0.5) is 0 Å². The third kappa shape index (κ3) is 2.08. The second kappa shape index (κ2) is 3.89. The summed E-state index contributed by atoms with van der Waals surface area (Å²) < 4.78 is 0. The van der Waals surface area contributed by atoms with Crippen LogP contribution < -0.4 is 0 Å². The highest BCUT2D eigenvalue weighted by atomic mass is 16.4. The number of hydrogen-bond donors (Lipinski definition) is 1. The van der Waals surface area contributed by atoms with Gasteiger partial charge in [-0.25, -0.2) is 0 Å². The van der Waals surface area contributed by atoms with E-state index in [-0.39, 0.29) is 0 Å². The van der Waals surface area contributed by atoms with Crippen LogP contribution >= 0.6 is 0 Å². The Labute approximate surface area is 86.1 Å². The molecule has 1 rings (SSSR count). The lowest BCUT2D eigenvalue weighted by Gasteiger charge is -2.17. The predicted molar refractivity (Wildman–Crippen MR) is 56.2 cm³/mol. The zero-order valence-corrected chi connectivity index (χ0v) is 9.58. The number of nitrogens with zero attached hydrogens (tertiary/aromatic N) is 1. The molecule has 82 valence electrons. The molecule has 3 nitrogen and oxygen atoms in total. The number of carboxylic acid groups (broad SMARTS) is 1. The van der Waals surface area contributed by atoms with Crippen LogP contribution in [0.1, 0.15) is 26.7 Å². The molecule has 14 heavy (non-hydrogen) atoms. The van der Waals surface area contributed by atoms with Crippen molar-refractivity contribution >= 4 is 5.97 Å². The Morgan fingerprint density at radius 1 is 1.57 bits per heavy atom. The zero-order chi connectivity index (χ0) is 10.9. The molecule has 0 amide bonds. The van der Waals surface area contributed by atoms with Gasteiger partial charge in [0.15, 0.2) is 0 Å². The van der Waals surface area contributed by atoms with Crippen molar-refractivity contribution in [2.45, 2.75) is 26.7 Å². The number of aliphatic carboxylic acids is 1. The Morgan fingerprint density at radius 3 is 2.43 bits per heavy atom. The SMILES string of the molecule is CC(C)C1CC1(CCN(C)C)C(=O)O. The van der Waals surface area contributed by atoms with Gasteiger partial charge in [-0.05, 0) is 45.3 Å². The maximum atomic E-state index is 11.2. The van der Waals surface area contributed by atoms with Gasteiger partial charge in [0, 0.05) is 0 Å². The topological polar surface area (TPSA) is 40.5 Å². The molecule has 3 heteroatoms. The highest BCUT2D eigenvalue weighted by Gasteiger charge is 2.60. The monoisotopic (exact) mass is 199 g/mol. The fraction of sp³-hybridized carbons (Fsp3) is 0.909. The van der Waals surface area contributed by atoms with Gasteiger partial charge in [0.1, 0.15) is 0 Å². The van der Waals surface area contributed by atoms with E-state index in [4.69, 9.17) is 0 Å². The molecule has 1 aliphatic carbocycles. The molecule has 1 saturated carbocycles. The average molecular weight is 199 g/mol. The summed E-state index contributed by atoms with van der Waals surface area (Å²) in [6, 6.07) is 0. The van der Waals surface area contributed by atoms with Gasteiger partial charge in [0.25, 0.3) is 0 Å². The lowest BCUT2D eigenvalue weighted by molar-refractivity contribution is -0.144. The first kappa shape index (κ1) is 11.5. The highest BCUT2D eigenvalue weighted by molar-refractivity contribution is 5.78. The fourth-order valence-electron chi connectivity index (χ4n) is 2.27. The van der Waals surface area contributed by atoms with Gasteiger partial charge in [0.05, 0.1) is 5.41 Å². The van der Waals surface area contributed by atoms with Crippen molar-refractivity contribution in [3.63, 3.8) is 0 Å². The molecule has 0 heterocycles. The maximum Gasteiger partial charge on any atom is 0.309 e. The highest BCUT2D eigenvalue weighted by Crippen LogP contribution is 2.59. The minimum atomic E-state index is -0.599. The number of rotatable bonds is 5. The van der Waals surface area contributed by atoms with E-state index in [1.54, 1.807) is 0 Å². The second-order valence-corrected chi connectivity index (χ2v) is 5.07. The first-order chi connectivity index (χ1) is 6.40. The van der Waals surface area contributed by atoms with Gasteiger partial charge < -0.3 is 10.0 Å². The summed E-state index contributed by atoms with van der Waals surface area (Å²) in [5.74, 6) is 0.284. The van der Waals surface area contributed by atoms with E-state index < -0.39 is 11.4 Å². The molecular formula is C11H21NO2. The molecule has 1 fully saturated rings. The molecule has 1 aliphatic rings. The molecule has 0 saturated heterocycles. The van der Waals surface area contributed by atoms with Crippen molar-refractivity contribution in [3.05, 3.63) is 0 Å². The van der Waals surface area contributed by atoms with Gasteiger partial charge in [-0.1, -0.05) is 13.8 Å². The average Bonchev–Trinajstić information content (AvgIpc) is 2.76. The summed E-state index contributed by atoms with van der Waals surface area (Å²) in [7, 11) is 3.98. The van der Waals surface area contributed by atoms with Crippen LogP contribution in [-0.2, 0) is 4.79 Å². The van der Waals surface area contributed by atoms with Crippen molar-refractivity contribution in [1.29, 1.82) is 0 Å². The standard InChI is InChI=1S/C11H21NO2/c1-8(2)9-7-11(9,10(13)14)5-6-12(3)4/h8-9H,5-7H2,1-4H3,(H,13,14). The lowest BCUT2D eigenvalue weighted by atomic mass is 9.94. The van der Waals surface area contributed by atoms with E-state index in [2.05, 4.69) is 18.7 Å². The largest absolute Gasteiger partial charge is 0.481 e. The van der Waals surface area contributed by atoms with Crippen LogP contribution in [0, 0.1) is 17.3 Å². The Balaban J connectivity index is 2.55. The van der Waals surface area contributed by atoms with Crippen LogP contribution in [0.25, 0.3) is 0 Å². The van der Waals surface area contributed by atoms with Crippen LogP contribution in [0.2, 0.25) is 0 Å². The summed E-state index contributed by atoms with van der Waals surface area (Å²) >= 11 is 0. The predicted octanol–water partition coefficient (Wildman–Crippen LogP) is 1.69. The summed E-state index contributed by atoms with van der Waals surface area (Å²) in [5.41, 5.74) is -0.404. The summed E-state index contributed by atoms with van der Waals surface area (Å²) in [6.45, 7) is 5.10. The van der Waals surface area contributed by atoms with Crippen molar-refractivity contribution in [2.75, 3.05) is 20.6 Å². The van der Waals surface area contributed by atoms with Crippen LogP contribution in [-0.4, -0.2) is 36.6 Å². The van der Waals surface area contributed by atoms with Gasteiger partial charge in [0.2, 0.25) is 0 Å². The molecule has 0 aromatic carbocycles. The van der Waals surface area contributed by atoms with E-state index in [0.29, 0.717) is 11.8 Å². The minimum absolute atomic E-state index is 0.389. The number of carboxylic acids is 1. The fourth-order valence-corrected chi connectivity index (χ4v) is 2.27. The van der Waals surface area contributed by atoms with Gasteiger partial charge >= 0.3 is 5.97 Å². The number of hydrogen-bond acceptors (Lipinski definition) is 2. The third-order valence-corrected chi connectivity index (χ3v) is 3.37. The molecular weight excluding hydrogens is 178 g/mol. The minimum Gasteiger partial charge on any atom is -0.481 e. The Kier molecular flexibility index (Phi) is 3.20. The number of carbonyl (C=O) groups is 1. The van der Waals surface area contributed by atoms with Crippen molar-refractivity contribution in [1.82, 2.24) is 4.90 Å². The quantitative estimate of drug-likeness (QED) is 0.732. The molecule has 1 N–H and O–H groups in total. The van der Waals surface area contributed by atoms with Gasteiger partial charge in [-0.3, -0.25) is 4.79 Å². The summed E-state index contributed by atoms with van der Waals surface area (Å²) in [5, 5.41) is 9.22. The third-order valence-electron chi connectivity index (χ3n) is 3.37. The van der Waals surface area contributed by atoms with E-state index >= 15 is 0 Å². The first-order valence-electron chi connectivity index (χ1n) is 5.28. The van der Waals surface area contributed by atoms with E-state index in [1.807, 2.05) is 14.1 Å². The van der Waals surface area contributed by atoms with Gasteiger partial charge in [-0.2, -0.15) is 0 Å². The molecule has 2 unspecified atom stereocenters. The van der Waals surface area contributed by atoms with Crippen LogP contribution in [0.15, 0.2) is 0 Å². The zero-order valence-electron chi connectivity index (χ0n) is 9.58. The smallest absolute Gasteiger partial charge is 0.309 e. The second-order valence-electron chi connectivity index (χ2n) is 5.07. The Morgan fingerprint density at radius 2 is 2.14 bits per heavy atom. The Hall–Kier alpha value is -0.570. The first-order valence-corrected chi connectivity index (χ1v) is 5.28. The molecule has 0 radical (unpaired) electrons. The maximum absolute atomic E-state index is 11.2. The molecule has 0 aromatic heterocycles. The van der Waals surface area contributed by atoms with Crippen LogP contribution in [0.3, 0.4) is 0 Å². The van der Waals surface area contributed by atoms with Gasteiger partial charge in [-0.15, -0.1) is 0 Å². The normalized spacial score (nSPS) is 31.1. The lowest BCUT2D eigenvalue weighted by Crippen LogP contribution is -2.25. The Bertz CT molecular complexity index is 225. The van der Waals surface area contributed by atoms with Crippen molar-refractivity contribution < 1.29 is 9.90 Å². The molecule has 2 atom stereocenters. The van der Waals surface area contributed by atoms with E-state index in [9.17, 15) is 9.90 Å². The molecule has 0 bridgehead atoms. The van der Waals surface area contributed by atoms with Crippen molar-refractivity contribution in [2.24, 2.45) is 17.3 Å². The summed E-state index contributed by atoms with van der Waals surface area (Å²) in [6.07, 6.45) is 1.66. The molecule has 0 aromatic rings. The summed E-state index contributed by atoms with van der Waals surface area (Å²) in [4.78, 5) is 13.2. The van der Waals surface area contributed by atoms with Crippen LogP contribution in [0.5, 0.6) is 0 Å². The molecule has 0 spiro atoms. The van der Waals surface area contributed by atoms with E-state index in [0.717, 1.165) is 19.4 Å².